The molecule has 106 valence electrons. The SMILES string of the molecule is CN(C(=O)c1ccnc2nc[nH]c12)c1ccc(F)c(Cl)c1. The molecule has 5 nitrogen and oxygen atoms in total. The number of carbonyl (C=O) groups is 1. The van der Waals surface area contributed by atoms with Crippen molar-refractivity contribution in [1.82, 2.24) is 15.0 Å². The molecule has 0 aliphatic carbocycles. The van der Waals surface area contributed by atoms with Gasteiger partial charge < -0.3 is 9.88 Å². The molecule has 0 atom stereocenters. The molecule has 0 saturated carbocycles. The number of fused-ring (bicyclic) bond motifs is 1. The van der Waals surface area contributed by atoms with Crippen LogP contribution in [0.2, 0.25) is 5.02 Å². The van der Waals surface area contributed by atoms with E-state index in [9.17, 15) is 9.18 Å². The van der Waals surface area contributed by atoms with Gasteiger partial charge in [-0.05, 0) is 24.3 Å². The molecule has 1 aromatic carbocycles. The fraction of sp³-hybridized carbons (Fsp3) is 0.0714. The van der Waals surface area contributed by atoms with Crippen LogP contribution in [0, 0.1) is 5.82 Å². The average Bonchev–Trinajstić information content (AvgIpc) is 2.97. The number of pyridine rings is 1. The first-order valence-electron chi connectivity index (χ1n) is 6.09. The summed E-state index contributed by atoms with van der Waals surface area (Å²) in [6, 6.07) is 5.72. The number of hydrogen-bond donors (Lipinski definition) is 1. The number of carbonyl (C=O) groups excluding carboxylic acids is 1. The number of imidazole rings is 1. The molecule has 0 radical (unpaired) electrons. The zero-order valence-corrected chi connectivity index (χ0v) is 11.7. The third kappa shape index (κ3) is 2.34. The minimum atomic E-state index is -0.527. The molecule has 0 saturated heterocycles. The van der Waals surface area contributed by atoms with E-state index in [1.165, 1.54) is 35.6 Å². The number of benzene rings is 1. The zero-order chi connectivity index (χ0) is 15.0. The highest BCUT2D eigenvalue weighted by atomic mass is 35.5. The van der Waals surface area contributed by atoms with E-state index in [0.29, 0.717) is 22.4 Å². The van der Waals surface area contributed by atoms with Gasteiger partial charge in [-0.1, -0.05) is 11.6 Å². The molecule has 7 heteroatoms. The quantitative estimate of drug-likeness (QED) is 0.791. The Morgan fingerprint density at radius 1 is 1.33 bits per heavy atom. The second-order valence-corrected chi connectivity index (χ2v) is 4.83. The van der Waals surface area contributed by atoms with Crippen LogP contribution in [0.15, 0.2) is 36.8 Å². The van der Waals surface area contributed by atoms with E-state index in [-0.39, 0.29) is 10.9 Å². The van der Waals surface area contributed by atoms with Crippen LogP contribution in [-0.4, -0.2) is 27.9 Å². The van der Waals surface area contributed by atoms with E-state index in [0.717, 1.165) is 0 Å². The molecule has 0 aliphatic heterocycles. The summed E-state index contributed by atoms with van der Waals surface area (Å²) in [5.41, 5.74) is 1.95. The smallest absolute Gasteiger partial charge is 0.260 e. The lowest BCUT2D eigenvalue weighted by Crippen LogP contribution is -2.26. The maximum Gasteiger partial charge on any atom is 0.260 e. The van der Waals surface area contributed by atoms with E-state index >= 15 is 0 Å². The van der Waals surface area contributed by atoms with E-state index in [2.05, 4.69) is 15.0 Å². The van der Waals surface area contributed by atoms with Gasteiger partial charge in [-0.3, -0.25) is 4.79 Å². The van der Waals surface area contributed by atoms with Crippen molar-refractivity contribution >= 4 is 34.4 Å². The molecule has 3 aromatic rings. The lowest BCUT2D eigenvalue weighted by molar-refractivity contribution is 0.0994. The van der Waals surface area contributed by atoms with Gasteiger partial charge >= 0.3 is 0 Å². The number of nitrogens with zero attached hydrogens (tertiary/aromatic N) is 3. The molecular weight excluding hydrogens is 295 g/mol. The third-order valence-electron chi connectivity index (χ3n) is 3.15. The Kier molecular flexibility index (Phi) is 3.31. The lowest BCUT2D eigenvalue weighted by Gasteiger charge is -2.18. The number of amides is 1. The zero-order valence-electron chi connectivity index (χ0n) is 11.0. The second kappa shape index (κ2) is 5.14. The first kappa shape index (κ1) is 13.5. The maximum absolute atomic E-state index is 13.2. The van der Waals surface area contributed by atoms with Crippen LogP contribution in [0.25, 0.3) is 11.2 Å². The van der Waals surface area contributed by atoms with E-state index in [4.69, 9.17) is 11.6 Å². The Morgan fingerprint density at radius 2 is 2.14 bits per heavy atom. The number of halogens is 2. The van der Waals surface area contributed by atoms with E-state index in [1.54, 1.807) is 13.1 Å². The van der Waals surface area contributed by atoms with Crippen molar-refractivity contribution in [3.05, 3.63) is 53.2 Å². The summed E-state index contributed by atoms with van der Waals surface area (Å²) in [5, 5.41) is -0.0337. The number of anilines is 1. The number of aromatic nitrogens is 3. The summed E-state index contributed by atoms with van der Waals surface area (Å²) < 4.78 is 13.2. The predicted molar refractivity (Wildman–Crippen MR) is 78.0 cm³/mol. The molecule has 0 fully saturated rings. The van der Waals surface area contributed by atoms with Gasteiger partial charge in [0, 0.05) is 18.9 Å². The Morgan fingerprint density at radius 3 is 2.90 bits per heavy atom. The van der Waals surface area contributed by atoms with Crippen LogP contribution in [0.5, 0.6) is 0 Å². The predicted octanol–water partition coefficient (Wildman–Crippen LogP) is 3.03. The molecule has 2 heterocycles. The largest absolute Gasteiger partial charge is 0.343 e. The summed E-state index contributed by atoms with van der Waals surface area (Å²) in [4.78, 5) is 24.9. The van der Waals surface area contributed by atoms with Crippen LogP contribution >= 0.6 is 11.6 Å². The topological polar surface area (TPSA) is 61.9 Å². The van der Waals surface area contributed by atoms with Crippen molar-refractivity contribution in [3.63, 3.8) is 0 Å². The fourth-order valence-corrected chi connectivity index (χ4v) is 2.19. The molecular formula is C14H10ClFN4O. The lowest BCUT2D eigenvalue weighted by atomic mass is 10.2. The van der Waals surface area contributed by atoms with Crippen molar-refractivity contribution in [3.8, 4) is 0 Å². The van der Waals surface area contributed by atoms with Crippen LogP contribution in [-0.2, 0) is 0 Å². The second-order valence-electron chi connectivity index (χ2n) is 4.42. The maximum atomic E-state index is 13.2. The van der Waals surface area contributed by atoms with Crippen molar-refractivity contribution in [2.75, 3.05) is 11.9 Å². The highest BCUT2D eigenvalue weighted by Gasteiger charge is 2.18. The fourth-order valence-electron chi connectivity index (χ4n) is 2.02. The molecule has 0 aliphatic rings. The summed E-state index contributed by atoms with van der Waals surface area (Å²) in [6.45, 7) is 0. The third-order valence-corrected chi connectivity index (χ3v) is 3.44. The highest BCUT2D eigenvalue weighted by molar-refractivity contribution is 6.31. The number of aromatic amines is 1. The van der Waals surface area contributed by atoms with Gasteiger partial charge in [-0.15, -0.1) is 0 Å². The molecule has 2 aromatic heterocycles. The Bertz CT molecular complexity index is 833. The van der Waals surface area contributed by atoms with Gasteiger partial charge in [-0.25, -0.2) is 14.4 Å². The van der Waals surface area contributed by atoms with Crippen LogP contribution < -0.4 is 4.90 Å². The first-order chi connectivity index (χ1) is 10.1. The normalized spacial score (nSPS) is 10.8. The molecule has 0 spiro atoms. The van der Waals surface area contributed by atoms with Crippen molar-refractivity contribution in [2.45, 2.75) is 0 Å². The van der Waals surface area contributed by atoms with Crippen LogP contribution in [0.1, 0.15) is 10.4 Å². The van der Waals surface area contributed by atoms with Crippen molar-refractivity contribution in [2.24, 2.45) is 0 Å². The standard InChI is InChI=1S/C14H10ClFN4O/c1-20(8-2-3-11(16)10(15)6-8)14(21)9-4-5-17-13-12(9)18-7-19-13/h2-7H,1H3,(H,17,18,19). The molecule has 1 amide bonds. The molecule has 3 rings (SSSR count). The highest BCUT2D eigenvalue weighted by Crippen LogP contribution is 2.24. The Hall–Kier alpha value is -2.47. The summed E-state index contributed by atoms with van der Waals surface area (Å²) in [5.74, 6) is -0.796. The first-order valence-corrected chi connectivity index (χ1v) is 6.47. The summed E-state index contributed by atoms with van der Waals surface area (Å²) in [7, 11) is 1.59. The average molecular weight is 305 g/mol. The number of nitrogens with one attached hydrogen (secondary N) is 1. The van der Waals surface area contributed by atoms with Crippen molar-refractivity contribution in [1.29, 1.82) is 0 Å². The monoisotopic (exact) mass is 304 g/mol. The number of hydrogen-bond acceptors (Lipinski definition) is 3. The van der Waals surface area contributed by atoms with Crippen molar-refractivity contribution < 1.29 is 9.18 Å². The minimum Gasteiger partial charge on any atom is -0.343 e. The van der Waals surface area contributed by atoms with Crippen LogP contribution in [0.4, 0.5) is 10.1 Å². The van der Waals surface area contributed by atoms with Gasteiger partial charge in [0.05, 0.1) is 22.4 Å². The number of H-pyrrole nitrogens is 1. The summed E-state index contributed by atoms with van der Waals surface area (Å²) >= 11 is 5.75. The van der Waals surface area contributed by atoms with Gasteiger partial charge in [0.15, 0.2) is 5.65 Å². The van der Waals surface area contributed by atoms with Crippen LogP contribution in [0.3, 0.4) is 0 Å². The van der Waals surface area contributed by atoms with Gasteiger partial charge in [0.2, 0.25) is 0 Å². The molecule has 21 heavy (non-hydrogen) atoms. The summed E-state index contributed by atoms with van der Waals surface area (Å²) in [6.07, 6.45) is 2.99. The van der Waals surface area contributed by atoms with E-state index in [1.807, 2.05) is 0 Å². The Labute approximate surface area is 124 Å². The van der Waals surface area contributed by atoms with Gasteiger partial charge in [0.1, 0.15) is 5.82 Å². The minimum absolute atomic E-state index is 0.0337. The number of rotatable bonds is 2. The molecule has 0 unspecified atom stereocenters. The van der Waals surface area contributed by atoms with Gasteiger partial charge in [0.25, 0.3) is 5.91 Å². The van der Waals surface area contributed by atoms with Gasteiger partial charge in [-0.2, -0.15) is 0 Å². The molecule has 1 N–H and O–H groups in total. The Balaban J connectivity index is 2.01. The van der Waals surface area contributed by atoms with E-state index < -0.39 is 5.82 Å². The molecule has 0 bridgehead atoms.